The van der Waals surface area contributed by atoms with Gasteiger partial charge in [0, 0.05) is 24.5 Å². The fraction of sp³-hybridized carbons (Fsp3) is 0.333. The molecule has 2 rings (SSSR count). The van der Waals surface area contributed by atoms with Gasteiger partial charge in [-0.3, -0.25) is 10.1 Å². The highest BCUT2D eigenvalue weighted by Crippen LogP contribution is 2.39. The van der Waals surface area contributed by atoms with Gasteiger partial charge in [-0.15, -0.1) is 11.3 Å². The number of likely N-dealkylation sites (N-methyl/N-ethyl adjacent to an activating group) is 1. The van der Waals surface area contributed by atoms with Gasteiger partial charge in [0.1, 0.15) is 0 Å². The zero-order valence-corrected chi connectivity index (χ0v) is 12.8. The van der Waals surface area contributed by atoms with Gasteiger partial charge in [0.25, 0.3) is 0 Å². The molecule has 6 heteroatoms. The summed E-state index contributed by atoms with van der Waals surface area (Å²) in [5, 5.41) is 21.3. The Hall–Kier alpha value is -1.92. The number of hydrogen-bond donors (Lipinski definition) is 1. The fourth-order valence-electron chi connectivity index (χ4n) is 2.04. The number of aliphatic hydroxyl groups excluding tert-OH is 1. The van der Waals surface area contributed by atoms with Crippen molar-refractivity contribution in [1.82, 2.24) is 0 Å². The van der Waals surface area contributed by atoms with Crippen molar-refractivity contribution < 1.29 is 10.0 Å². The smallest absolute Gasteiger partial charge is 0.304 e. The molecule has 0 saturated heterocycles. The molecule has 1 aromatic carbocycles. The van der Waals surface area contributed by atoms with Crippen LogP contribution < -0.4 is 4.90 Å². The van der Waals surface area contributed by atoms with Crippen molar-refractivity contribution >= 4 is 22.0 Å². The molecule has 1 aromatic heterocycles. The Labute approximate surface area is 127 Å². The standard InChI is InChI=1S/C15H18N2O3S/c1-11(18)14-10-13(17(19)20)15(21-14)16(2)9-8-12-6-4-3-5-7-12/h3-7,10-11,18H,8-9H2,1-2H3/t11-/m1/s1. The van der Waals surface area contributed by atoms with E-state index in [2.05, 4.69) is 0 Å². The van der Waals surface area contributed by atoms with Gasteiger partial charge in [-0.05, 0) is 18.9 Å². The molecular weight excluding hydrogens is 288 g/mol. The first-order valence-corrected chi connectivity index (χ1v) is 7.52. The average Bonchev–Trinajstić information content (AvgIpc) is 2.91. The molecule has 1 heterocycles. The van der Waals surface area contributed by atoms with Gasteiger partial charge in [-0.1, -0.05) is 30.3 Å². The van der Waals surface area contributed by atoms with Gasteiger partial charge in [-0.2, -0.15) is 0 Å². The van der Waals surface area contributed by atoms with Crippen molar-refractivity contribution in [2.45, 2.75) is 19.4 Å². The van der Waals surface area contributed by atoms with Crippen LogP contribution in [0.15, 0.2) is 36.4 Å². The van der Waals surface area contributed by atoms with E-state index in [1.54, 1.807) is 6.92 Å². The Balaban J connectivity index is 2.14. The van der Waals surface area contributed by atoms with Crippen molar-refractivity contribution in [3.8, 4) is 0 Å². The highest BCUT2D eigenvalue weighted by atomic mass is 32.1. The van der Waals surface area contributed by atoms with Crippen molar-refractivity contribution in [3.63, 3.8) is 0 Å². The van der Waals surface area contributed by atoms with Crippen LogP contribution in [-0.2, 0) is 6.42 Å². The Morgan fingerprint density at radius 3 is 2.62 bits per heavy atom. The van der Waals surface area contributed by atoms with E-state index in [9.17, 15) is 15.2 Å². The maximum atomic E-state index is 11.1. The summed E-state index contributed by atoms with van der Waals surface area (Å²) in [5.41, 5.74) is 1.26. The van der Waals surface area contributed by atoms with E-state index >= 15 is 0 Å². The zero-order chi connectivity index (χ0) is 15.4. The second kappa shape index (κ2) is 6.69. The van der Waals surface area contributed by atoms with Gasteiger partial charge in [-0.25, -0.2) is 0 Å². The third kappa shape index (κ3) is 3.80. The summed E-state index contributed by atoms with van der Waals surface area (Å²) in [6.45, 7) is 2.30. The molecule has 21 heavy (non-hydrogen) atoms. The van der Waals surface area contributed by atoms with Gasteiger partial charge >= 0.3 is 5.69 Å². The molecule has 0 aliphatic rings. The maximum Gasteiger partial charge on any atom is 0.304 e. The number of benzene rings is 1. The van der Waals surface area contributed by atoms with E-state index in [0.29, 0.717) is 16.4 Å². The molecule has 0 bridgehead atoms. The second-order valence-electron chi connectivity index (χ2n) is 4.93. The lowest BCUT2D eigenvalue weighted by atomic mass is 10.1. The molecule has 0 aliphatic heterocycles. The minimum absolute atomic E-state index is 0.0615. The van der Waals surface area contributed by atoms with Crippen LogP contribution in [0.5, 0.6) is 0 Å². The summed E-state index contributed by atoms with van der Waals surface area (Å²) in [6, 6.07) is 11.5. The Morgan fingerprint density at radius 1 is 1.38 bits per heavy atom. The summed E-state index contributed by atoms with van der Waals surface area (Å²) < 4.78 is 0. The Kier molecular flexibility index (Phi) is 4.93. The van der Waals surface area contributed by atoms with Crippen LogP contribution in [0.2, 0.25) is 0 Å². The quantitative estimate of drug-likeness (QED) is 0.656. The Morgan fingerprint density at radius 2 is 2.05 bits per heavy atom. The van der Waals surface area contributed by atoms with E-state index in [-0.39, 0.29) is 5.69 Å². The summed E-state index contributed by atoms with van der Waals surface area (Å²) in [4.78, 5) is 13.2. The van der Waals surface area contributed by atoms with Crippen LogP contribution in [-0.4, -0.2) is 23.6 Å². The maximum absolute atomic E-state index is 11.1. The van der Waals surface area contributed by atoms with Gasteiger partial charge in [0.15, 0.2) is 5.00 Å². The molecule has 0 aliphatic carbocycles. The van der Waals surface area contributed by atoms with E-state index in [4.69, 9.17) is 0 Å². The minimum atomic E-state index is -0.690. The third-order valence-electron chi connectivity index (χ3n) is 3.25. The topological polar surface area (TPSA) is 66.6 Å². The number of thiophene rings is 1. The lowest BCUT2D eigenvalue weighted by Crippen LogP contribution is -2.20. The second-order valence-corrected chi connectivity index (χ2v) is 5.99. The fourth-order valence-corrected chi connectivity index (χ4v) is 3.09. The number of rotatable bonds is 6. The van der Waals surface area contributed by atoms with E-state index in [0.717, 1.165) is 6.42 Å². The summed E-state index contributed by atoms with van der Waals surface area (Å²) in [6.07, 6.45) is 0.126. The molecule has 0 fully saturated rings. The van der Waals surface area contributed by atoms with Crippen LogP contribution in [0.4, 0.5) is 10.7 Å². The van der Waals surface area contributed by atoms with Crippen LogP contribution in [0, 0.1) is 10.1 Å². The number of nitro groups is 1. The highest BCUT2D eigenvalue weighted by Gasteiger charge is 2.23. The van der Waals surface area contributed by atoms with Crippen molar-refractivity contribution in [2.24, 2.45) is 0 Å². The van der Waals surface area contributed by atoms with E-state index in [1.165, 1.54) is 23.0 Å². The molecular formula is C15H18N2O3S. The molecule has 1 N–H and O–H groups in total. The predicted molar refractivity (Wildman–Crippen MR) is 85.0 cm³/mol. The number of nitrogens with zero attached hydrogens (tertiary/aromatic N) is 2. The lowest BCUT2D eigenvalue weighted by molar-refractivity contribution is -0.383. The lowest BCUT2D eigenvalue weighted by Gasteiger charge is -2.16. The summed E-state index contributed by atoms with van der Waals surface area (Å²) in [7, 11) is 1.84. The number of hydrogen-bond acceptors (Lipinski definition) is 5. The van der Waals surface area contributed by atoms with Crippen molar-refractivity contribution in [3.05, 3.63) is 57.0 Å². The minimum Gasteiger partial charge on any atom is -0.388 e. The first kappa shape index (κ1) is 15.5. The van der Waals surface area contributed by atoms with E-state index in [1.807, 2.05) is 42.3 Å². The van der Waals surface area contributed by atoms with Crippen LogP contribution in [0.25, 0.3) is 0 Å². The number of anilines is 1. The number of aliphatic hydroxyl groups is 1. The zero-order valence-electron chi connectivity index (χ0n) is 12.0. The normalized spacial score (nSPS) is 12.1. The van der Waals surface area contributed by atoms with Crippen LogP contribution >= 0.6 is 11.3 Å². The summed E-state index contributed by atoms with van der Waals surface area (Å²) in [5.74, 6) is 0. The van der Waals surface area contributed by atoms with Gasteiger partial charge in [0.2, 0.25) is 0 Å². The molecule has 0 unspecified atom stereocenters. The van der Waals surface area contributed by atoms with Crippen LogP contribution in [0.1, 0.15) is 23.5 Å². The SMILES string of the molecule is C[C@@H](O)c1cc([N+](=O)[O-])c(N(C)CCc2ccccc2)s1. The highest BCUT2D eigenvalue weighted by molar-refractivity contribution is 7.16. The molecule has 1 atom stereocenters. The molecule has 0 radical (unpaired) electrons. The molecule has 0 saturated carbocycles. The van der Waals surface area contributed by atoms with Gasteiger partial charge in [0.05, 0.1) is 11.0 Å². The van der Waals surface area contributed by atoms with E-state index < -0.39 is 11.0 Å². The van der Waals surface area contributed by atoms with Crippen molar-refractivity contribution in [2.75, 3.05) is 18.5 Å². The summed E-state index contributed by atoms with van der Waals surface area (Å²) >= 11 is 1.27. The Bertz CT molecular complexity index is 611. The molecule has 0 spiro atoms. The molecule has 2 aromatic rings. The van der Waals surface area contributed by atoms with Crippen molar-refractivity contribution in [1.29, 1.82) is 0 Å². The molecule has 0 amide bonds. The third-order valence-corrected chi connectivity index (χ3v) is 4.66. The average molecular weight is 306 g/mol. The predicted octanol–water partition coefficient (Wildman–Crippen LogP) is 3.39. The monoisotopic (exact) mass is 306 g/mol. The molecule has 5 nitrogen and oxygen atoms in total. The van der Waals surface area contributed by atoms with Crippen LogP contribution in [0.3, 0.4) is 0 Å². The largest absolute Gasteiger partial charge is 0.388 e. The first-order chi connectivity index (χ1) is 9.99. The molecule has 112 valence electrons. The first-order valence-electron chi connectivity index (χ1n) is 6.70. The van der Waals surface area contributed by atoms with Gasteiger partial charge < -0.3 is 10.0 Å².